The van der Waals surface area contributed by atoms with Gasteiger partial charge in [0.1, 0.15) is 0 Å². The molecule has 2 N–H and O–H groups in total. The summed E-state index contributed by atoms with van der Waals surface area (Å²) in [6.07, 6.45) is 9.84. The monoisotopic (exact) mass is 293 g/mol. The number of benzene rings is 1. The number of hydrogen-bond donors (Lipinski definition) is 1. The summed E-state index contributed by atoms with van der Waals surface area (Å²) in [5, 5.41) is 11.4. The Morgan fingerprint density at radius 2 is 2.14 bits per heavy atom. The van der Waals surface area contributed by atoms with Crippen molar-refractivity contribution >= 4 is 0 Å². The van der Waals surface area contributed by atoms with Crippen molar-refractivity contribution < 1.29 is 0 Å². The zero-order valence-electron chi connectivity index (χ0n) is 11.9. The molecule has 7 heteroatoms. The summed E-state index contributed by atoms with van der Waals surface area (Å²) in [4.78, 5) is 4.19. The smallest absolute Gasteiger partial charge is 0.196 e. The number of aromatic nitrogens is 6. The molecule has 2 aromatic heterocycles. The van der Waals surface area contributed by atoms with Gasteiger partial charge in [0.25, 0.3) is 0 Å². The molecule has 0 spiro atoms. The number of terminal acetylenes is 1. The molecule has 0 aliphatic rings. The van der Waals surface area contributed by atoms with Crippen LogP contribution in [0.3, 0.4) is 0 Å². The molecule has 110 valence electrons. The van der Waals surface area contributed by atoms with E-state index in [1.807, 2.05) is 30.5 Å². The van der Waals surface area contributed by atoms with Crippen molar-refractivity contribution in [1.29, 1.82) is 0 Å². The van der Waals surface area contributed by atoms with E-state index in [4.69, 9.17) is 12.2 Å². The van der Waals surface area contributed by atoms with Crippen LogP contribution in [0, 0.1) is 12.5 Å². The van der Waals surface area contributed by atoms with Gasteiger partial charge in [-0.3, -0.25) is 0 Å². The lowest BCUT2D eigenvalue weighted by molar-refractivity contribution is 0.733. The molecule has 0 fully saturated rings. The topological polar surface area (TPSA) is 87.4 Å². The fourth-order valence-electron chi connectivity index (χ4n) is 2.35. The Morgan fingerprint density at radius 1 is 1.27 bits per heavy atom. The Labute approximate surface area is 127 Å². The molecule has 0 saturated carbocycles. The zero-order valence-corrected chi connectivity index (χ0v) is 11.9. The minimum atomic E-state index is 0.554. The summed E-state index contributed by atoms with van der Waals surface area (Å²) >= 11 is 0. The van der Waals surface area contributed by atoms with Crippen molar-refractivity contribution in [3.05, 3.63) is 48.0 Å². The third kappa shape index (κ3) is 2.60. The van der Waals surface area contributed by atoms with E-state index in [-0.39, 0.29) is 0 Å². The molecule has 0 bridgehead atoms. The summed E-state index contributed by atoms with van der Waals surface area (Å²) in [6, 6.07) is 10.3. The Morgan fingerprint density at radius 3 is 2.95 bits per heavy atom. The van der Waals surface area contributed by atoms with Gasteiger partial charge in [-0.1, -0.05) is 30.7 Å². The highest BCUT2D eigenvalue weighted by atomic mass is 15.5. The maximum atomic E-state index is 5.63. The lowest BCUT2D eigenvalue weighted by Crippen LogP contribution is -2.10. The molecule has 0 saturated heterocycles. The first-order valence-electron chi connectivity index (χ1n) is 6.86. The second-order valence-corrected chi connectivity index (χ2v) is 4.75. The van der Waals surface area contributed by atoms with Crippen LogP contribution in [0.2, 0.25) is 0 Å². The molecule has 7 nitrogen and oxygen atoms in total. The lowest BCUT2D eigenvalue weighted by Gasteiger charge is -2.11. The van der Waals surface area contributed by atoms with E-state index < -0.39 is 0 Å². The SMILES string of the molecule is C#Cn1nnnc1-c1ccccc1Cn1cncc1CCN. The van der Waals surface area contributed by atoms with Crippen molar-refractivity contribution in [2.24, 2.45) is 5.73 Å². The van der Waals surface area contributed by atoms with Crippen molar-refractivity contribution in [3.8, 4) is 23.9 Å². The largest absolute Gasteiger partial charge is 0.330 e. The van der Waals surface area contributed by atoms with E-state index >= 15 is 0 Å². The van der Waals surface area contributed by atoms with Gasteiger partial charge in [0.05, 0.1) is 6.33 Å². The molecule has 0 aliphatic carbocycles. The fraction of sp³-hybridized carbons (Fsp3) is 0.200. The molecule has 0 unspecified atom stereocenters. The first kappa shape index (κ1) is 14.0. The highest BCUT2D eigenvalue weighted by molar-refractivity contribution is 5.60. The van der Waals surface area contributed by atoms with Crippen LogP contribution in [0.25, 0.3) is 11.4 Å². The van der Waals surface area contributed by atoms with Crippen LogP contribution in [0.1, 0.15) is 11.3 Å². The Bertz CT molecular complexity index is 809. The quantitative estimate of drug-likeness (QED) is 0.693. The molecule has 22 heavy (non-hydrogen) atoms. The second kappa shape index (κ2) is 6.20. The minimum absolute atomic E-state index is 0.554. The van der Waals surface area contributed by atoms with Crippen molar-refractivity contribution in [1.82, 2.24) is 29.8 Å². The van der Waals surface area contributed by atoms with Gasteiger partial charge in [-0.05, 0) is 22.5 Å². The van der Waals surface area contributed by atoms with Crippen LogP contribution in [0.5, 0.6) is 0 Å². The predicted molar refractivity (Wildman–Crippen MR) is 81.6 cm³/mol. The molecule has 3 rings (SSSR count). The summed E-state index contributed by atoms with van der Waals surface area (Å²) < 4.78 is 3.39. The lowest BCUT2D eigenvalue weighted by atomic mass is 10.1. The van der Waals surface area contributed by atoms with E-state index in [1.54, 1.807) is 6.33 Å². The van der Waals surface area contributed by atoms with Crippen LogP contribution < -0.4 is 5.73 Å². The van der Waals surface area contributed by atoms with Gasteiger partial charge in [0.15, 0.2) is 5.82 Å². The number of hydrogen-bond acceptors (Lipinski definition) is 5. The minimum Gasteiger partial charge on any atom is -0.330 e. The zero-order chi connectivity index (χ0) is 15.4. The first-order valence-corrected chi connectivity index (χ1v) is 6.86. The van der Waals surface area contributed by atoms with Gasteiger partial charge in [0, 0.05) is 36.5 Å². The highest BCUT2D eigenvalue weighted by Crippen LogP contribution is 2.22. The standard InChI is InChI=1S/C15H15N7/c1-2-22-15(18-19-20-22)14-6-4-3-5-12(14)10-21-11-17-9-13(21)7-8-16/h1,3-6,9,11H,7-8,10,16H2. The van der Waals surface area contributed by atoms with Crippen molar-refractivity contribution in [3.63, 3.8) is 0 Å². The summed E-state index contributed by atoms with van der Waals surface area (Å²) in [6.45, 7) is 1.24. The molecule has 0 atom stereocenters. The van der Waals surface area contributed by atoms with Crippen LogP contribution >= 0.6 is 0 Å². The number of nitrogens with two attached hydrogens (primary N) is 1. The third-order valence-electron chi connectivity index (χ3n) is 3.39. The summed E-state index contributed by atoms with van der Waals surface area (Å²) in [5.41, 5.74) is 8.69. The first-order chi connectivity index (χ1) is 10.8. The van der Waals surface area contributed by atoms with Gasteiger partial charge in [-0.25, -0.2) is 4.98 Å². The molecule has 3 aromatic rings. The Hall–Kier alpha value is -2.98. The highest BCUT2D eigenvalue weighted by Gasteiger charge is 2.13. The molecule has 0 amide bonds. The van der Waals surface area contributed by atoms with Crippen LogP contribution in [-0.4, -0.2) is 36.3 Å². The summed E-state index contributed by atoms with van der Waals surface area (Å²) in [5.74, 6) is 0.554. The van der Waals surface area contributed by atoms with Gasteiger partial charge in [-0.15, -0.1) is 9.78 Å². The molecular weight excluding hydrogens is 278 g/mol. The van der Waals surface area contributed by atoms with Crippen LogP contribution in [0.15, 0.2) is 36.8 Å². The number of rotatable bonds is 5. The normalized spacial score (nSPS) is 10.5. The fourth-order valence-corrected chi connectivity index (χ4v) is 2.35. The van der Waals surface area contributed by atoms with E-state index in [1.165, 1.54) is 4.68 Å². The third-order valence-corrected chi connectivity index (χ3v) is 3.39. The molecule has 2 heterocycles. The van der Waals surface area contributed by atoms with Gasteiger partial charge < -0.3 is 10.3 Å². The van der Waals surface area contributed by atoms with E-state index in [2.05, 4.69) is 31.1 Å². The van der Waals surface area contributed by atoms with Crippen molar-refractivity contribution in [2.45, 2.75) is 13.0 Å². The Balaban J connectivity index is 1.99. The summed E-state index contributed by atoms with van der Waals surface area (Å²) in [7, 11) is 0. The average Bonchev–Trinajstić information content (AvgIpc) is 3.18. The molecule has 0 aliphatic heterocycles. The number of imidazole rings is 1. The number of nitrogens with zero attached hydrogens (tertiary/aromatic N) is 6. The van der Waals surface area contributed by atoms with Gasteiger partial charge in [-0.2, -0.15) is 0 Å². The Kier molecular flexibility index (Phi) is 3.94. The van der Waals surface area contributed by atoms with Crippen LogP contribution in [-0.2, 0) is 13.0 Å². The number of tetrazole rings is 1. The van der Waals surface area contributed by atoms with Crippen LogP contribution in [0.4, 0.5) is 0 Å². The maximum Gasteiger partial charge on any atom is 0.196 e. The van der Waals surface area contributed by atoms with E-state index in [0.29, 0.717) is 18.9 Å². The van der Waals surface area contributed by atoms with Gasteiger partial charge >= 0.3 is 0 Å². The molecular formula is C15H15N7. The van der Waals surface area contributed by atoms with E-state index in [0.717, 1.165) is 23.2 Å². The second-order valence-electron chi connectivity index (χ2n) is 4.75. The van der Waals surface area contributed by atoms with E-state index in [9.17, 15) is 0 Å². The average molecular weight is 293 g/mol. The molecule has 1 aromatic carbocycles. The predicted octanol–water partition coefficient (Wildman–Crippen LogP) is 0.525. The maximum absolute atomic E-state index is 5.63. The molecule has 0 radical (unpaired) electrons. The van der Waals surface area contributed by atoms with Crippen molar-refractivity contribution in [2.75, 3.05) is 6.54 Å². The van der Waals surface area contributed by atoms with Gasteiger partial charge in [0.2, 0.25) is 0 Å².